The minimum atomic E-state index is -0.0616. The number of anilines is 1. The zero-order chi connectivity index (χ0) is 17.8. The molecule has 1 aromatic heterocycles. The van der Waals surface area contributed by atoms with Gasteiger partial charge in [-0.3, -0.25) is 0 Å². The Morgan fingerprint density at radius 3 is 2.54 bits per heavy atom. The van der Waals surface area contributed by atoms with Gasteiger partial charge in [-0.2, -0.15) is 0 Å². The number of aromatic nitrogens is 2. The first-order chi connectivity index (χ1) is 12.8. The van der Waals surface area contributed by atoms with Crippen LogP contribution < -0.4 is 19.7 Å². The predicted octanol–water partition coefficient (Wildman–Crippen LogP) is 1.28. The first-order valence-electron chi connectivity index (χ1n) is 8.73. The van der Waals surface area contributed by atoms with Crippen LogP contribution in [0, 0.1) is 0 Å². The summed E-state index contributed by atoms with van der Waals surface area (Å²) in [5.41, 5.74) is 0.985. The number of hydrogen-bond acceptors (Lipinski definition) is 6. The van der Waals surface area contributed by atoms with Gasteiger partial charge in [0.25, 0.3) is 0 Å². The van der Waals surface area contributed by atoms with Crippen molar-refractivity contribution in [3.05, 3.63) is 42.2 Å². The first kappa shape index (κ1) is 16.4. The van der Waals surface area contributed by atoms with Crippen LogP contribution in [0.3, 0.4) is 0 Å². The van der Waals surface area contributed by atoms with Crippen molar-refractivity contribution in [1.29, 1.82) is 0 Å². The Morgan fingerprint density at radius 1 is 1.04 bits per heavy atom. The van der Waals surface area contributed by atoms with Gasteiger partial charge in [0.05, 0.1) is 0 Å². The summed E-state index contributed by atoms with van der Waals surface area (Å²) < 4.78 is 11.1. The van der Waals surface area contributed by atoms with Gasteiger partial charge in [0.15, 0.2) is 11.5 Å². The standard InChI is InChI=1S/C18H21N5O3/c24-18(21-13-14-2-3-15-16(12-14)26-11-10-25-15)23-8-6-22(7-9-23)17-19-4-1-5-20-17/h1-5,12H,6-11,13H2,(H,21,24). The average molecular weight is 355 g/mol. The number of carbonyl (C=O) groups is 1. The highest BCUT2D eigenvalue weighted by molar-refractivity contribution is 5.74. The summed E-state index contributed by atoms with van der Waals surface area (Å²) in [4.78, 5) is 24.8. The number of piperazine rings is 1. The van der Waals surface area contributed by atoms with Gasteiger partial charge in [-0.05, 0) is 23.8 Å². The second-order valence-electron chi connectivity index (χ2n) is 6.16. The van der Waals surface area contributed by atoms with Crippen LogP contribution in [0.15, 0.2) is 36.7 Å². The zero-order valence-electron chi connectivity index (χ0n) is 14.4. The molecule has 0 unspecified atom stereocenters. The number of urea groups is 1. The molecule has 8 heteroatoms. The monoisotopic (exact) mass is 355 g/mol. The number of nitrogens with zero attached hydrogens (tertiary/aromatic N) is 4. The average Bonchev–Trinajstić information content (AvgIpc) is 2.72. The highest BCUT2D eigenvalue weighted by Crippen LogP contribution is 2.30. The van der Waals surface area contributed by atoms with E-state index >= 15 is 0 Å². The van der Waals surface area contributed by atoms with Crippen molar-refractivity contribution in [1.82, 2.24) is 20.2 Å². The fourth-order valence-electron chi connectivity index (χ4n) is 3.05. The molecule has 0 bridgehead atoms. The van der Waals surface area contributed by atoms with Gasteiger partial charge >= 0.3 is 6.03 Å². The molecule has 136 valence electrons. The maximum Gasteiger partial charge on any atom is 0.317 e. The molecule has 8 nitrogen and oxygen atoms in total. The molecule has 2 aliphatic rings. The number of fused-ring (bicyclic) bond motifs is 1. The van der Waals surface area contributed by atoms with Crippen LogP contribution >= 0.6 is 0 Å². The first-order valence-corrected chi connectivity index (χ1v) is 8.73. The summed E-state index contributed by atoms with van der Waals surface area (Å²) in [5, 5.41) is 2.97. The summed E-state index contributed by atoms with van der Waals surface area (Å²) in [7, 11) is 0. The molecule has 2 amide bonds. The molecule has 2 aliphatic heterocycles. The Hall–Kier alpha value is -3.03. The summed E-state index contributed by atoms with van der Waals surface area (Å²) in [6.45, 7) is 4.32. The van der Waals surface area contributed by atoms with Gasteiger partial charge in [0.2, 0.25) is 5.95 Å². The number of hydrogen-bond donors (Lipinski definition) is 1. The van der Waals surface area contributed by atoms with Crippen molar-refractivity contribution in [2.75, 3.05) is 44.3 Å². The third-order valence-electron chi connectivity index (χ3n) is 4.45. The van der Waals surface area contributed by atoms with E-state index in [-0.39, 0.29) is 6.03 Å². The summed E-state index contributed by atoms with van der Waals surface area (Å²) in [5.74, 6) is 2.20. The van der Waals surface area contributed by atoms with Gasteiger partial charge in [-0.1, -0.05) is 6.07 Å². The molecule has 1 aromatic carbocycles. The van der Waals surface area contributed by atoms with Crippen molar-refractivity contribution in [3.8, 4) is 11.5 Å². The number of amides is 2. The molecule has 1 saturated heterocycles. The molecule has 4 rings (SSSR count). The summed E-state index contributed by atoms with van der Waals surface area (Å²) in [6.07, 6.45) is 3.46. The Kier molecular flexibility index (Phi) is 4.72. The minimum Gasteiger partial charge on any atom is -0.486 e. The molecule has 1 fully saturated rings. The molecule has 0 atom stereocenters. The van der Waals surface area contributed by atoms with Crippen LogP contribution in [0.25, 0.3) is 0 Å². The molecule has 0 saturated carbocycles. The van der Waals surface area contributed by atoms with Crippen LogP contribution in [-0.2, 0) is 6.54 Å². The van der Waals surface area contributed by atoms with E-state index in [9.17, 15) is 4.79 Å². The van der Waals surface area contributed by atoms with Crippen LogP contribution in [0.2, 0.25) is 0 Å². The van der Waals surface area contributed by atoms with Crippen LogP contribution in [0.5, 0.6) is 11.5 Å². The van der Waals surface area contributed by atoms with Gasteiger partial charge < -0.3 is 24.6 Å². The van der Waals surface area contributed by atoms with E-state index in [4.69, 9.17) is 9.47 Å². The number of ether oxygens (including phenoxy) is 2. The van der Waals surface area contributed by atoms with E-state index in [2.05, 4.69) is 20.2 Å². The lowest BCUT2D eigenvalue weighted by molar-refractivity contribution is 0.171. The van der Waals surface area contributed by atoms with Crippen molar-refractivity contribution in [3.63, 3.8) is 0 Å². The number of carbonyl (C=O) groups excluding carboxylic acids is 1. The highest BCUT2D eigenvalue weighted by atomic mass is 16.6. The van der Waals surface area contributed by atoms with Crippen molar-refractivity contribution in [2.45, 2.75) is 6.54 Å². The molecule has 0 aliphatic carbocycles. The number of rotatable bonds is 3. The molecule has 3 heterocycles. The van der Waals surface area contributed by atoms with E-state index in [1.165, 1.54) is 0 Å². The van der Waals surface area contributed by atoms with E-state index in [0.717, 1.165) is 30.2 Å². The van der Waals surface area contributed by atoms with Gasteiger partial charge in [0.1, 0.15) is 13.2 Å². The van der Waals surface area contributed by atoms with Crippen LogP contribution in [0.1, 0.15) is 5.56 Å². The molecule has 0 spiro atoms. The zero-order valence-corrected chi connectivity index (χ0v) is 14.4. The topological polar surface area (TPSA) is 79.8 Å². The normalized spacial score (nSPS) is 16.3. The Morgan fingerprint density at radius 2 is 1.77 bits per heavy atom. The third-order valence-corrected chi connectivity index (χ3v) is 4.45. The predicted molar refractivity (Wildman–Crippen MR) is 95.5 cm³/mol. The molecular weight excluding hydrogens is 334 g/mol. The SMILES string of the molecule is O=C(NCc1ccc2c(c1)OCCO2)N1CCN(c2ncccn2)CC1. The van der Waals surface area contributed by atoms with Gasteiger partial charge in [-0.25, -0.2) is 14.8 Å². The van der Waals surface area contributed by atoms with Crippen LogP contribution in [0.4, 0.5) is 10.7 Å². The molecule has 1 N–H and O–H groups in total. The van der Waals surface area contributed by atoms with E-state index in [1.807, 2.05) is 23.1 Å². The quantitative estimate of drug-likeness (QED) is 0.893. The summed E-state index contributed by atoms with van der Waals surface area (Å²) >= 11 is 0. The number of nitrogens with one attached hydrogen (secondary N) is 1. The van der Waals surface area contributed by atoms with Gasteiger partial charge in [0, 0.05) is 45.1 Å². The van der Waals surface area contributed by atoms with E-state index in [1.54, 1.807) is 18.5 Å². The van der Waals surface area contributed by atoms with Crippen molar-refractivity contribution in [2.24, 2.45) is 0 Å². The Labute approximate surface area is 151 Å². The largest absolute Gasteiger partial charge is 0.486 e. The molecule has 0 radical (unpaired) electrons. The summed E-state index contributed by atoms with van der Waals surface area (Å²) in [6, 6.07) is 7.48. The van der Waals surface area contributed by atoms with Crippen molar-refractivity contribution >= 4 is 12.0 Å². The molecule has 2 aromatic rings. The fourth-order valence-corrected chi connectivity index (χ4v) is 3.05. The second kappa shape index (κ2) is 7.47. The number of benzene rings is 1. The second-order valence-corrected chi connectivity index (χ2v) is 6.16. The fraction of sp³-hybridized carbons (Fsp3) is 0.389. The maximum atomic E-state index is 12.4. The Balaban J connectivity index is 1.28. The lowest BCUT2D eigenvalue weighted by Gasteiger charge is -2.34. The molecular formula is C18H21N5O3. The minimum absolute atomic E-state index is 0.0616. The Bertz CT molecular complexity index is 763. The van der Waals surface area contributed by atoms with Crippen LogP contribution in [-0.4, -0.2) is 60.3 Å². The lowest BCUT2D eigenvalue weighted by atomic mass is 10.2. The van der Waals surface area contributed by atoms with Gasteiger partial charge in [-0.15, -0.1) is 0 Å². The van der Waals surface area contributed by atoms with Crippen molar-refractivity contribution < 1.29 is 14.3 Å². The highest BCUT2D eigenvalue weighted by Gasteiger charge is 2.22. The van der Waals surface area contributed by atoms with E-state index in [0.29, 0.717) is 38.8 Å². The lowest BCUT2D eigenvalue weighted by Crippen LogP contribution is -2.52. The maximum absolute atomic E-state index is 12.4. The smallest absolute Gasteiger partial charge is 0.317 e. The third kappa shape index (κ3) is 3.63. The van der Waals surface area contributed by atoms with E-state index < -0.39 is 0 Å². The molecule has 26 heavy (non-hydrogen) atoms.